The van der Waals surface area contributed by atoms with Gasteiger partial charge in [-0.15, -0.1) is 0 Å². The van der Waals surface area contributed by atoms with E-state index in [2.05, 4.69) is 9.97 Å². The van der Waals surface area contributed by atoms with Gasteiger partial charge < -0.3 is 5.11 Å². The molecule has 0 aliphatic rings. The van der Waals surface area contributed by atoms with E-state index in [9.17, 15) is 4.79 Å². The number of carboxylic acids is 1. The van der Waals surface area contributed by atoms with Crippen LogP contribution in [0.3, 0.4) is 0 Å². The number of aromatic nitrogens is 2. The lowest BCUT2D eigenvalue weighted by Gasteiger charge is -2.04. The lowest BCUT2D eigenvalue weighted by molar-refractivity contribution is 0.0690. The van der Waals surface area contributed by atoms with Crippen molar-refractivity contribution < 1.29 is 9.90 Å². The summed E-state index contributed by atoms with van der Waals surface area (Å²) in [6, 6.07) is 6.85. The molecule has 0 radical (unpaired) electrons. The lowest BCUT2D eigenvalue weighted by Crippen LogP contribution is -2.01. The fourth-order valence-electron chi connectivity index (χ4n) is 1.44. The zero-order valence-electron chi connectivity index (χ0n) is 9.01. The molecule has 2 rings (SSSR count). The molecule has 5 heteroatoms. The number of nitrogens with zero attached hydrogens (tertiary/aromatic N) is 2. The standard InChI is InChI=1S/C12H9ClN2O2/c1-7-4-8(2-3-9(7)13)10-5-11(12(16)17)15-6-14-10/h2-6H,1H3,(H,16,17). The summed E-state index contributed by atoms with van der Waals surface area (Å²) in [7, 11) is 0. The maximum absolute atomic E-state index is 10.8. The molecule has 0 aliphatic heterocycles. The third kappa shape index (κ3) is 2.42. The molecule has 2 aromatic rings. The molecule has 0 amide bonds. The highest BCUT2D eigenvalue weighted by Gasteiger charge is 2.08. The number of aryl methyl sites for hydroxylation is 1. The number of benzene rings is 1. The van der Waals surface area contributed by atoms with Crippen molar-refractivity contribution in [1.29, 1.82) is 0 Å². The third-order valence-corrected chi connectivity index (χ3v) is 2.76. The summed E-state index contributed by atoms with van der Waals surface area (Å²) in [5, 5.41) is 9.51. The number of halogens is 1. The first-order chi connectivity index (χ1) is 8.08. The highest BCUT2D eigenvalue weighted by molar-refractivity contribution is 6.31. The molecule has 4 nitrogen and oxygen atoms in total. The van der Waals surface area contributed by atoms with E-state index in [4.69, 9.17) is 16.7 Å². The fourth-order valence-corrected chi connectivity index (χ4v) is 1.55. The van der Waals surface area contributed by atoms with Gasteiger partial charge in [0.2, 0.25) is 0 Å². The Balaban J connectivity index is 2.49. The van der Waals surface area contributed by atoms with Gasteiger partial charge >= 0.3 is 5.97 Å². The molecule has 0 unspecified atom stereocenters. The minimum absolute atomic E-state index is 0.0254. The van der Waals surface area contributed by atoms with Crippen LogP contribution in [0, 0.1) is 6.92 Å². The van der Waals surface area contributed by atoms with E-state index in [0.717, 1.165) is 11.1 Å². The van der Waals surface area contributed by atoms with Gasteiger partial charge in [-0.1, -0.05) is 17.7 Å². The molecule has 0 saturated heterocycles. The second-order valence-electron chi connectivity index (χ2n) is 3.56. The second-order valence-corrected chi connectivity index (χ2v) is 3.96. The average Bonchev–Trinajstić information content (AvgIpc) is 2.33. The highest BCUT2D eigenvalue weighted by atomic mass is 35.5. The molecule has 1 aromatic carbocycles. The number of aromatic carboxylic acids is 1. The van der Waals surface area contributed by atoms with Gasteiger partial charge in [0.05, 0.1) is 5.69 Å². The normalized spacial score (nSPS) is 10.2. The van der Waals surface area contributed by atoms with Crippen molar-refractivity contribution in [2.75, 3.05) is 0 Å². The zero-order valence-corrected chi connectivity index (χ0v) is 9.77. The number of rotatable bonds is 2. The van der Waals surface area contributed by atoms with E-state index >= 15 is 0 Å². The van der Waals surface area contributed by atoms with Crippen molar-refractivity contribution in [2.24, 2.45) is 0 Å². The molecule has 0 aliphatic carbocycles. The van der Waals surface area contributed by atoms with Crippen LogP contribution in [-0.2, 0) is 0 Å². The smallest absolute Gasteiger partial charge is 0.354 e. The first kappa shape index (κ1) is 11.5. The SMILES string of the molecule is Cc1cc(-c2cc(C(=O)O)ncn2)ccc1Cl. The Hall–Kier alpha value is -1.94. The molecule has 0 bridgehead atoms. The molecule has 0 saturated carbocycles. The van der Waals surface area contributed by atoms with Crippen molar-refractivity contribution in [2.45, 2.75) is 6.92 Å². The maximum Gasteiger partial charge on any atom is 0.354 e. The van der Waals surface area contributed by atoms with E-state index in [-0.39, 0.29) is 5.69 Å². The number of carboxylic acid groups (broad SMARTS) is 1. The number of carbonyl (C=O) groups is 1. The molecule has 0 atom stereocenters. The van der Waals surface area contributed by atoms with Crippen LogP contribution in [0.2, 0.25) is 5.02 Å². The van der Waals surface area contributed by atoms with Gasteiger partial charge in [0.1, 0.15) is 6.33 Å². The number of hydrogen-bond donors (Lipinski definition) is 1. The minimum atomic E-state index is -1.07. The van der Waals surface area contributed by atoms with Crippen LogP contribution in [0.25, 0.3) is 11.3 Å². The Morgan fingerprint density at radius 1 is 1.29 bits per heavy atom. The molecular formula is C12H9ClN2O2. The Labute approximate surface area is 103 Å². The Morgan fingerprint density at radius 2 is 2.06 bits per heavy atom. The van der Waals surface area contributed by atoms with E-state index in [1.807, 2.05) is 13.0 Å². The fraction of sp³-hybridized carbons (Fsp3) is 0.0833. The topological polar surface area (TPSA) is 63.1 Å². The third-order valence-electron chi connectivity index (χ3n) is 2.34. The van der Waals surface area contributed by atoms with Gasteiger partial charge in [-0.05, 0) is 30.7 Å². The van der Waals surface area contributed by atoms with Gasteiger partial charge in [-0.25, -0.2) is 14.8 Å². The first-order valence-corrected chi connectivity index (χ1v) is 5.27. The maximum atomic E-state index is 10.8. The van der Waals surface area contributed by atoms with E-state index < -0.39 is 5.97 Å². The summed E-state index contributed by atoms with van der Waals surface area (Å²) < 4.78 is 0. The van der Waals surface area contributed by atoms with E-state index in [1.54, 1.807) is 12.1 Å². The average molecular weight is 249 g/mol. The van der Waals surface area contributed by atoms with Gasteiger partial charge in [-0.2, -0.15) is 0 Å². The van der Waals surface area contributed by atoms with Crippen LogP contribution in [-0.4, -0.2) is 21.0 Å². The summed E-state index contributed by atoms with van der Waals surface area (Å²) in [6.07, 6.45) is 1.24. The van der Waals surface area contributed by atoms with Crippen molar-refractivity contribution >= 4 is 17.6 Å². The summed E-state index contributed by atoms with van der Waals surface area (Å²) in [5.41, 5.74) is 2.27. The Morgan fingerprint density at radius 3 is 2.71 bits per heavy atom. The second kappa shape index (κ2) is 4.51. The summed E-state index contributed by atoms with van der Waals surface area (Å²) in [4.78, 5) is 18.5. The highest BCUT2D eigenvalue weighted by Crippen LogP contribution is 2.23. The molecule has 86 valence electrons. The van der Waals surface area contributed by atoms with Crippen molar-refractivity contribution in [3.63, 3.8) is 0 Å². The molecule has 0 spiro atoms. The van der Waals surface area contributed by atoms with E-state index in [1.165, 1.54) is 12.4 Å². The van der Waals surface area contributed by atoms with Crippen LogP contribution >= 0.6 is 11.6 Å². The predicted molar refractivity (Wildman–Crippen MR) is 64.2 cm³/mol. The van der Waals surface area contributed by atoms with Gasteiger partial charge in [-0.3, -0.25) is 0 Å². The minimum Gasteiger partial charge on any atom is -0.477 e. The quantitative estimate of drug-likeness (QED) is 0.888. The summed E-state index contributed by atoms with van der Waals surface area (Å²) in [5.74, 6) is -1.07. The Bertz CT molecular complexity index is 584. The molecule has 1 N–H and O–H groups in total. The molecule has 17 heavy (non-hydrogen) atoms. The first-order valence-electron chi connectivity index (χ1n) is 4.90. The van der Waals surface area contributed by atoms with E-state index in [0.29, 0.717) is 10.7 Å². The van der Waals surface area contributed by atoms with Crippen LogP contribution in [0.1, 0.15) is 16.1 Å². The monoisotopic (exact) mass is 248 g/mol. The van der Waals surface area contributed by atoms with Crippen molar-refractivity contribution in [3.05, 3.63) is 46.9 Å². The molecule has 0 fully saturated rings. The largest absolute Gasteiger partial charge is 0.477 e. The van der Waals surface area contributed by atoms with Crippen molar-refractivity contribution in [1.82, 2.24) is 9.97 Å². The molecule has 1 aromatic heterocycles. The van der Waals surface area contributed by atoms with Gasteiger partial charge in [0.25, 0.3) is 0 Å². The predicted octanol–water partition coefficient (Wildman–Crippen LogP) is 2.80. The lowest BCUT2D eigenvalue weighted by atomic mass is 10.1. The zero-order chi connectivity index (χ0) is 12.4. The number of hydrogen-bond acceptors (Lipinski definition) is 3. The van der Waals surface area contributed by atoms with Gasteiger partial charge in [0, 0.05) is 10.6 Å². The molecule has 1 heterocycles. The van der Waals surface area contributed by atoms with Crippen molar-refractivity contribution in [3.8, 4) is 11.3 Å². The van der Waals surface area contributed by atoms with Crippen LogP contribution < -0.4 is 0 Å². The Kier molecular flexibility index (Phi) is 3.06. The van der Waals surface area contributed by atoms with Crippen LogP contribution in [0.15, 0.2) is 30.6 Å². The van der Waals surface area contributed by atoms with Crippen LogP contribution in [0.4, 0.5) is 0 Å². The van der Waals surface area contributed by atoms with Gasteiger partial charge in [0.15, 0.2) is 5.69 Å². The summed E-state index contributed by atoms with van der Waals surface area (Å²) in [6.45, 7) is 1.88. The van der Waals surface area contributed by atoms with Crippen LogP contribution in [0.5, 0.6) is 0 Å². The summed E-state index contributed by atoms with van der Waals surface area (Å²) >= 11 is 5.92. The molecular weight excluding hydrogens is 240 g/mol.